The maximum atomic E-state index is 4.48. The molecule has 1 fully saturated rings. The Kier molecular flexibility index (Phi) is 4.67. The van der Waals surface area contributed by atoms with E-state index in [1.54, 1.807) is 11.3 Å². The average Bonchev–Trinajstić information content (AvgIpc) is 2.85. The molecule has 2 nitrogen and oxygen atoms in total. The van der Waals surface area contributed by atoms with Crippen LogP contribution in [0.1, 0.15) is 36.9 Å². The van der Waals surface area contributed by atoms with Gasteiger partial charge in [-0.05, 0) is 31.9 Å². The fourth-order valence-electron chi connectivity index (χ4n) is 2.25. The van der Waals surface area contributed by atoms with Gasteiger partial charge >= 0.3 is 0 Å². The summed E-state index contributed by atoms with van der Waals surface area (Å²) in [4.78, 5) is 4.48. The number of thioether (sulfide) groups is 1. The first-order valence-electron chi connectivity index (χ1n) is 6.04. The van der Waals surface area contributed by atoms with Crippen LogP contribution in [0.4, 0.5) is 0 Å². The van der Waals surface area contributed by atoms with Crippen LogP contribution in [0, 0.1) is 6.92 Å². The van der Waals surface area contributed by atoms with Gasteiger partial charge in [0.15, 0.2) is 0 Å². The highest BCUT2D eigenvalue weighted by Crippen LogP contribution is 2.29. The van der Waals surface area contributed by atoms with Crippen molar-refractivity contribution in [1.29, 1.82) is 0 Å². The highest BCUT2D eigenvalue weighted by Gasteiger charge is 2.23. The molecule has 1 aliphatic carbocycles. The van der Waals surface area contributed by atoms with E-state index in [0.717, 1.165) is 11.8 Å². The number of aryl methyl sites for hydroxylation is 1. The molecule has 4 heteroatoms. The summed E-state index contributed by atoms with van der Waals surface area (Å²) in [6.07, 6.45) is 4.05. The van der Waals surface area contributed by atoms with E-state index in [-0.39, 0.29) is 0 Å². The normalized spacial score (nSPS) is 25.1. The Bertz CT molecular complexity index is 325. The van der Waals surface area contributed by atoms with Crippen LogP contribution < -0.4 is 5.32 Å². The van der Waals surface area contributed by atoms with Crippen molar-refractivity contribution in [2.24, 2.45) is 0 Å². The molecule has 1 heterocycles. The predicted molar refractivity (Wildman–Crippen MR) is 73.2 cm³/mol. The van der Waals surface area contributed by atoms with Gasteiger partial charge in [0, 0.05) is 23.2 Å². The highest BCUT2D eigenvalue weighted by molar-refractivity contribution is 7.99. The van der Waals surface area contributed by atoms with E-state index in [1.165, 1.54) is 35.7 Å². The topological polar surface area (TPSA) is 24.9 Å². The van der Waals surface area contributed by atoms with Crippen molar-refractivity contribution in [3.05, 3.63) is 16.1 Å². The largest absolute Gasteiger partial charge is 0.308 e. The van der Waals surface area contributed by atoms with Crippen molar-refractivity contribution in [2.75, 3.05) is 5.75 Å². The van der Waals surface area contributed by atoms with E-state index in [4.69, 9.17) is 0 Å². The summed E-state index contributed by atoms with van der Waals surface area (Å²) in [5.74, 6) is 1.25. The molecule has 1 aromatic rings. The molecular weight excluding hydrogens is 236 g/mol. The average molecular weight is 256 g/mol. The molecule has 0 saturated heterocycles. The van der Waals surface area contributed by atoms with Gasteiger partial charge in [0.1, 0.15) is 0 Å². The van der Waals surface area contributed by atoms with E-state index < -0.39 is 0 Å². The zero-order valence-electron chi connectivity index (χ0n) is 10.0. The monoisotopic (exact) mass is 256 g/mol. The summed E-state index contributed by atoms with van der Waals surface area (Å²) < 4.78 is 0. The molecule has 2 unspecified atom stereocenters. The third-order valence-electron chi connectivity index (χ3n) is 3.03. The van der Waals surface area contributed by atoms with E-state index in [2.05, 4.69) is 41.3 Å². The first-order valence-corrected chi connectivity index (χ1v) is 7.96. The zero-order chi connectivity index (χ0) is 11.4. The summed E-state index contributed by atoms with van der Waals surface area (Å²) >= 11 is 3.86. The van der Waals surface area contributed by atoms with Gasteiger partial charge in [-0.3, -0.25) is 0 Å². The molecule has 16 heavy (non-hydrogen) atoms. The van der Waals surface area contributed by atoms with Crippen LogP contribution in [0.15, 0.2) is 5.38 Å². The summed E-state index contributed by atoms with van der Waals surface area (Å²) in [5.41, 5.74) is 1.20. The van der Waals surface area contributed by atoms with E-state index in [1.807, 2.05) is 0 Å². The first-order chi connectivity index (χ1) is 7.78. The minimum absolute atomic E-state index is 0.714. The maximum absolute atomic E-state index is 4.48. The van der Waals surface area contributed by atoms with Crippen molar-refractivity contribution < 1.29 is 0 Å². The van der Waals surface area contributed by atoms with Crippen LogP contribution in [0.5, 0.6) is 0 Å². The first kappa shape index (κ1) is 12.4. The molecule has 1 aliphatic rings. The maximum Gasteiger partial charge on any atom is 0.0897 e. The Morgan fingerprint density at radius 2 is 2.44 bits per heavy atom. The summed E-state index contributed by atoms with van der Waals surface area (Å²) in [6.45, 7) is 5.26. The lowest BCUT2D eigenvalue weighted by Gasteiger charge is -2.11. The van der Waals surface area contributed by atoms with E-state index >= 15 is 0 Å². The molecule has 2 atom stereocenters. The molecule has 0 bridgehead atoms. The van der Waals surface area contributed by atoms with E-state index in [9.17, 15) is 0 Å². The molecule has 1 N–H and O–H groups in total. The lowest BCUT2D eigenvalue weighted by molar-refractivity contribution is 0.521. The number of hydrogen-bond donors (Lipinski definition) is 1. The Labute approximate surface area is 106 Å². The minimum Gasteiger partial charge on any atom is -0.308 e. The molecular formula is C12H20N2S2. The Morgan fingerprint density at radius 3 is 3.12 bits per heavy atom. The fraction of sp³-hybridized carbons (Fsp3) is 0.750. The van der Waals surface area contributed by atoms with Crippen molar-refractivity contribution in [3.63, 3.8) is 0 Å². The van der Waals surface area contributed by atoms with Gasteiger partial charge in [0.25, 0.3) is 0 Å². The molecule has 90 valence electrons. The molecule has 1 aromatic heterocycles. The van der Waals surface area contributed by atoms with Gasteiger partial charge in [-0.2, -0.15) is 11.8 Å². The molecule has 1 saturated carbocycles. The number of nitrogens with one attached hydrogen (secondary N) is 1. The van der Waals surface area contributed by atoms with Crippen molar-refractivity contribution in [1.82, 2.24) is 10.3 Å². The second-order valence-electron chi connectivity index (χ2n) is 4.33. The SMILES string of the molecule is CCSC1CCC(NCc2csc(C)n2)C1. The molecule has 2 rings (SSSR count). The second kappa shape index (κ2) is 6.03. The molecule has 0 amide bonds. The van der Waals surface area contributed by atoms with Gasteiger partial charge in [0.05, 0.1) is 10.7 Å². The second-order valence-corrected chi connectivity index (χ2v) is 6.97. The number of nitrogens with zero attached hydrogens (tertiary/aromatic N) is 1. The van der Waals surface area contributed by atoms with Crippen LogP contribution in [0.3, 0.4) is 0 Å². The van der Waals surface area contributed by atoms with Crippen LogP contribution >= 0.6 is 23.1 Å². The lowest BCUT2D eigenvalue weighted by Crippen LogP contribution is -2.26. The van der Waals surface area contributed by atoms with Gasteiger partial charge in [-0.15, -0.1) is 11.3 Å². The smallest absolute Gasteiger partial charge is 0.0897 e. The van der Waals surface area contributed by atoms with Crippen LogP contribution in [-0.2, 0) is 6.54 Å². The van der Waals surface area contributed by atoms with Gasteiger partial charge in [-0.1, -0.05) is 6.92 Å². The molecule has 0 aromatic carbocycles. The Balaban J connectivity index is 1.71. The van der Waals surface area contributed by atoms with E-state index in [0.29, 0.717) is 6.04 Å². The van der Waals surface area contributed by atoms with Crippen LogP contribution in [0.25, 0.3) is 0 Å². The quantitative estimate of drug-likeness (QED) is 0.875. The Morgan fingerprint density at radius 1 is 1.56 bits per heavy atom. The molecule has 0 radical (unpaired) electrons. The van der Waals surface area contributed by atoms with Crippen molar-refractivity contribution in [3.8, 4) is 0 Å². The highest BCUT2D eigenvalue weighted by atomic mass is 32.2. The molecule has 0 aliphatic heterocycles. The summed E-state index contributed by atoms with van der Waals surface area (Å²) in [7, 11) is 0. The van der Waals surface area contributed by atoms with Crippen LogP contribution in [0.2, 0.25) is 0 Å². The standard InChI is InChI=1S/C12H20N2S2/c1-3-15-12-5-4-10(6-12)13-7-11-8-16-9(2)14-11/h8,10,12-13H,3-7H2,1-2H3. The molecule has 0 spiro atoms. The number of hydrogen-bond acceptors (Lipinski definition) is 4. The lowest BCUT2D eigenvalue weighted by atomic mass is 10.2. The van der Waals surface area contributed by atoms with Gasteiger partial charge < -0.3 is 5.32 Å². The predicted octanol–water partition coefficient (Wildman–Crippen LogP) is 3.22. The number of thiazole rings is 1. The van der Waals surface area contributed by atoms with Crippen molar-refractivity contribution >= 4 is 23.1 Å². The number of rotatable bonds is 5. The van der Waals surface area contributed by atoms with Gasteiger partial charge in [-0.25, -0.2) is 4.98 Å². The third kappa shape index (κ3) is 3.47. The fourth-order valence-corrected chi connectivity index (χ4v) is 4.01. The zero-order valence-corrected chi connectivity index (χ0v) is 11.7. The summed E-state index contributed by atoms with van der Waals surface area (Å²) in [5, 5.41) is 7.85. The van der Waals surface area contributed by atoms with Gasteiger partial charge in [0.2, 0.25) is 0 Å². The summed E-state index contributed by atoms with van der Waals surface area (Å²) in [6, 6.07) is 0.714. The van der Waals surface area contributed by atoms with Crippen molar-refractivity contribution in [2.45, 2.75) is 50.9 Å². The third-order valence-corrected chi connectivity index (χ3v) is 5.08. The number of aromatic nitrogens is 1. The minimum atomic E-state index is 0.714. The van der Waals surface area contributed by atoms with Crippen LogP contribution in [-0.4, -0.2) is 22.0 Å². The Hall–Kier alpha value is -0.0600.